The Morgan fingerprint density at radius 1 is 1.41 bits per heavy atom. The van der Waals surface area contributed by atoms with Gasteiger partial charge >= 0.3 is 0 Å². The summed E-state index contributed by atoms with van der Waals surface area (Å²) in [7, 11) is 0. The standard InChI is InChI=1S/C26H25ClN4OS2/c1-3-21(25(32)31-26-19(14-28)18-11-10-16(2)13-23(18)34-26)33-22-9-5-4-8-20(22)30-15-17-7-6-12-29-24(17)27/h4-9,12,15-16,21H,3,10-11,13H2,1-2H3,(H,31,32). The molecule has 2 atom stereocenters. The number of nitrogens with one attached hydrogen (secondary N) is 1. The van der Waals surface area contributed by atoms with Gasteiger partial charge in [-0.2, -0.15) is 5.26 Å². The number of anilines is 1. The molecule has 0 fully saturated rings. The molecule has 0 saturated heterocycles. The molecule has 8 heteroatoms. The number of hydrogen-bond acceptors (Lipinski definition) is 6. The summed E-state index contributed by atoms with van der Waals surface area (Å²) in [5, 5.41) is 13.6. The number of pyridine rings is 1. The van der Waals surface area contributed by atoms with E-state index in [0.717, 1.165) is 41.0 Å². The minimum absolute atomic E-state index is 0.0928. The van der Waals surface area contributed by atoms with Gasteiger partial charge in [0, 0.05) is 27.7 Å². The molecular formula is C26H25ClN4OS2. The van der Waals surface area contributed by atoms with Crippen LogP contribution in [0.1, 0.15) is 48.3 Å². The molecule has 4 rings (SSSR count). The number of rotatable bonds is 7. The molecule has 0 bridgehead atoms. The van der Waals surface area contributed by atoms with Gasteiger partial charge in [0.15, 0.2) is 0 Å². The van der Waals surface area contributed by atoms with Crippen LogP contribution >= 0.6 is 34.7 Å². The monoisotopic (exact) mass is 508 g/mol. The van der Waals surface area contributed by atoms with Gasteiger partial charge in [-0.15, -0.1) is 23.1 Å². The van der Waals surface area contributed by atoms with E-state index in [0.29, 0.717) is 28.1 Å². The van der Waals surface area contributed by atoms with E-state index in [2.05, 4.69) is 28.3 Å². The second-order valence-electron chi connectivity index (χ2n) is 8.28. The van der Waals surface area contributed by atoms with Crippen LogP contribution in [0.4, 0.5) is 10.7 Å². The van der Waals surface area contributed by atoms with Crippen molar-refractivity contribution >= 4 is 57.5 Å². The number of para-hydroxylation sites is 1. The zero-order chi connectivity index (χ0) is 24.1. The molecule has 5 nitrogen and oxygen atoms in total. The molecule has 1 amide bonds. The van der Waals surface area contributed by atoms with E-state index in [1.165, 1.54) is 16.6 Å². The predicted octanol–water partition coefficient (Wildman–Crippen LogP) is 7.05. The van der Waals surface area contributed by atoms with Crippen LogP contribution in [0.25, 0.3) is 0 Å². The summed E-state index contributed by atoms with van der Waals surface area (Å²) in [5.41, 5.74) is 3.25. The molecule has 2 unspecified atom stereocenters. The fraction of sp³-hybridized carbons (Fsp3) is 0.308. The van der Waals surface area contributed by atoms with Crippen LogP contribution in [-0.2, 0) is 17.6 Å². The van der Waals surface area contributed by atoms with Crippen molar-refractivity contribution in [2.45, 2.75) is 49.7 Å². The first kappa shape index (κ1) is 24.5. The number of nitriles is 1. The van der Waals surface area contributed by atoms with Gasteiger partial charge in [-0.3, -0.25) is 9.79 Å². The first-order chi connectivity index (χ1) is 16.5. The predicted molar refractivity (Wildman–Crippen MR) is 142 cm³/mol. The molecule has 2 heterocycles. The molecular weight excluding hydrogens is 484 g/mol. The highest BCUT2D eigenvalue weighted by atomic mass is 35.5. The van der Waals surface area contributed by atoms with Crippen molar-refractivity contribution < 1.29 is 4.79 Å². The third kappa shape index (κ3) is 5.52. The number of thioether (sulfide) groups is 1. The van der Waals surface area contributed by atoms with Crippen LogP contribution in [0.3, 0.4) is 0 Å². The van der Waals surface area contributed by atoms with Crippen molar-refractivity contribution in [1.82, 2.24) is 4.98 Å². The molecule has 0 radical (unpaired) electrons. The largest absolute Gasteiger partial charge is 0.316 e. The lowest BCUT2D eigenvalue weighted by Gasteiger charge is -2.17. The molecule has 174 valence electrons. The molecule has 1 aliphatic rings. The fourth-order valence-electron chi connectivity index (χ4n) is 3.92. The smallest absolute Gasteiger partial charge is 0.238 e. The highest BCUT2D eigenvalue weighted by Crippen LogP contribution is 2.40. The van der Waals surface area contributed by atoms with Crippen molar-refractivity contribution in [1.29, 1.82) is 5.26 Å². The SMILES string of the molecule is CCC(Sc1ccccc1N=Cc1cccnc1Cl)C(=O)Nc1sc2c(c1C#N)CCC(C)C2. The Kier molecular flexibility index (Phi) is 8.04. The molecule has 0 saturated carbocycles. The number of aliphatic imine (C=N–C) groups is 1. The number of nitrogens with zero attached hydrogens (tertiary/aromatic N) is 3. The quantitative estimate of drug-likeness (QED) is 0.210. The summed E-state index contributed by atoms with van der Waals surface area (Å²) in [6.07, 6.45) is 6.93. The Labute approximate surface area is 213 Å². The van der Waals surface area contributed by atoms with E-state index in [1.54, 1.807) is 23.7 Å². The van der Waals surface area contributed by atoms with Crippen LogP contribution in [0.15, 0.2) is 52.5 Å². The molecule has 0 aliphatic heterocycles. The average Bonchev–Trinajstić information content (AvgIpc) is 3.18. The Balaban J connectivity index is 1.52. The second kappa shape index (κ2) is 11.2. The second-order valence-corrected chi connectivity index (χ2v) is 11.0. The van der Waals surface area contributed by atoms with Crippen LogP contribution < -0.4 is 5.32 Å². The number of carbonyl (C=O) groups is 1. The number of hydrogen-bond donors (Lipinski definition) is 1. The van der Waals surface area contributed by atoms with Crippen LogP contribution in [0, 0.1) is 17.2 Å². The lowest BCUT2D eigenvalue weighted by Crippen LogP contribution is -2.24. The lowest BCUT2D eigenvalue weighted by atomic mass is 9.88. The van der Waals surface area contributed by atoms with E-state index >= 15 is 0 Å². The first-order valence-electron chi connectivity index (χ1n) is 11.3. The summed E-state index contributed by atoms with van der Waals surface area (Å²) >= 11 is 9.18. The van der Waals surface area contributed by atoms with Crippen molar-refractivity contribution in [3.05, 3.63) is 69.3 Å². The van der Waals surface area contributed by atoms with Gasteiger partial charge in [-0.05, 0) is 61.4 Å². The summed E-state index contributed by atoms with van der Waals surface area (Å²) in [4.78, 5) is 24.0. The molecule has 2 aromatic heterocycles. The van der Waals surface area contributed by atoms with Gasteiger partial charge in [0.25, 0.3) is 0 Å². The number of thiophene rings is 1. The van der Waals surface area contributed by atoms with E-state index < -0.39 is 0 Å². The Morgan fingerprint density at radius 2 is 2.24 bits per heavy atom. The first-order valence-corrected chi connectivity index (χ1v) is 13.3. The number of aromatic nitrogens is 1. The topological polar surface area (TPSA) is 78.1 Å². The summed E-state index contributed by atoms with van der Waals surface area (Å²) in [5.74, 6) is 0.517. The molecule has 1 aromatic carbocycles. The third-order valence-corrected chi connectivity index (χ3v) is 8.71. The minimum Gasteiger partial charge on any atom is -0.316 e. The normalized spacial score (nSPS) is 16.1. The minimum atomic E-state index is -0.317. The van der Waals surface area contributed by atoms with Gasteiger partial charge in [0.1, 0.15) is 16.2 Å². The van der Waals surface area contributed by atoms with E-state index in [4.69, 9.17) is 11.6 Å². The Morgan fingerprint density at radius 3 is 3.00 bits per heavy atom. The average molecular weight is 509 g/mol. The zero-order valence-electron chi connectivity index (χ0n) is 19.0. The highest BCUT2D eigenvalue weighted by molar-refractivity contribution is 8.00. The molecule has 1 aliphatic carbocycles. The van der Waals surface area contributed by atoms with E-state index in [1.807, 2.05) is 43.3 Å². The summed E-state index contributed by atoms with van der Waals surface area (Å²) < 4.78 is 0. The number of amides is 1. The number of carbonyl (C=O) groups excluding carboxylic acids is 1. The maximum Gasteiger partial charge on any atom is 0.238 e. The van der Waals surface area contributed by atoms with E-state index in [-0.39, 0.29) is 11.2 Å². The van der Waals surface area contributed by atoms with Gasteiger partial charge in [-0.1, -0.05) is 37.6 Å². The third-order valence-electron chi connectivity index (χ3n) is 5.79. The van der Waals surface area contributed by atoms with Crippen LogP contribution in [0.2, 0.25) is 5.15 Å². The Hall–Kier alpha value is -2.66. The molecule has 3 aromatic rings. The molecule has 34 heavy (non-hydrogen) atoms. The lowest BCUT2D eigenvalue weighted by molar-refractivity contribution is -0.115. The number of halogens is 1. The fourth-order valence-corrected chi connectivity index (χ4v) is 6.49. The van der Waals surface area contributed by atoms with Crippen molar-refractivity contribution in [2.24, 2.45) is 10.9 Å². The van der Waals surface area contributed by atoms with Gasteiger partial charge in [-0.25, -0.2) is 4.98 Å². The Bertz CT molecular complexity index is 1260. The highest BCUT2D eigenvalue weighted by Gasteiger charge is 2.26. The van der Waals surface area contributed by atoms with Gasteiger partial charge < -0.3 is 5.32 Å². The van der Waals surface area contributed by atoms with Crippen molar-refractivity contribution in [2.75, 3.05) is 5.32 Å². The van der Waals surface area contributed by atoms with Gasteiger partial charge in [0.2, 0.25) is 5.91 Å². The maximum atomic E-state index is 13.2. The summed E-state index contributed by atoms with van der Waals surface area (Å²) in [6, 6.07) is 13.7. The van der Waals surface area contributed by atoms with Crippen LogP contribution in [-0.4, -0.2) is 22.4 Å². The maximum absolute atomic E-state index is 13.2. The van der Waals surface area contributed by atoms with Crippen molar-refractivity contribution in [3.63, 3.8) is 0 Å². The zero-order valence-corrected chi connectivity index (χ0v) is 21.4. The van der Waals surface area contributed by atoms with Crippen molar-refractivity contribution in [3.8, 4) is 6.07 Å². The van der Waals surface area contributed by atoms with Gasteiger partial charge in [0.05, 0.1) is 16.5 Å². The summed E-state index contributed by atoms with van der Waals surface area (Å²) in [6.45, 7) is 4.23. The molecule has 1 N–H and O–H groups in total. The number of benzene rings is 1. The van der Waals surface area contributed by atoms with E-state index in [9.17, 15) is 10.1 Å². The van der Waals surface area contributed by atoms with Crippen LogP contribution in [0.5, 0.6) is 0 Å². The molecule has 0 spiro atoms. The number of fused-ring (bicyclic) bond motifs is 1.